The van der Waals surface area contributed by atoms with Gasteiger partial charge in [0.15, 0.2) is 0 Å². The van der Waals surface area contributed by atoms with Gasteiger partial charge < -0.3 is 15.2 Å². The molecule has 0 saturated heterocycles. The lowest BCUT2D eigenvalue weighted by atomic mass is 10.2. The van der Waals surface area contributed by atoms with Crippen LogP contribution in [-0.2, 0) is 11.3 Å². The number of thioether (sulfide) groups is 1. The zero-order chi connectivity index (χ0) is 12.5. The van der Waals surface area contributed by atoms with Gasteiger partial charge in [0.25, 0.3) is 0 Å². The van der Waals surface area contributed by atoms with Gasteiger partial charge in [0.05, 0.1) is 13.2 Å². The Bertz CT molecular complexity index is 303. The fourth-order valence-electron chi connectivity index (χ4n) is 1.36. The Balaban J connectivity index is 2.34. The molecule has 0 aliphatic carbocycles. The van der Waals surface area contributed by atoms with Crippen molar-refractivity contribution >= 4 is 11.8 Å². The Labute approximate surface area is 108 Å². The first-order valence-electron chi connectivity index (χ1n) is 5.82. The predicted molar refractivity (Wildman–Crippen MR) is 72.4 cm³/mol. The van der Waals surface area contributed by atoms with Gasteiger partial charge >= 0.3 is 0 Å². The SMILES string of the molecule is COCCNCc1ccc(SC(C)CO)cc1. The molecule has 2 N–H and O–H groups in total. The lowest BCUT2D eigenvalue weighted by molar-refractivity contribution is 0.199. The van der Waals surface area contributed by atoms with Gasteiger partial charge in [0.1, 0.15) is 0 Å². The number of benzene rings is 1. The highest BCUT2D eigenvalue weighted by Gasteiger charge is 2.02. The first-order valence-corrected chi connectivity index (χ1v) is 6.70. The Hall–Kier alpha value is -0.550. The van der Waals surface area contributed by atoms with E-state index in [1.807, 2.05) is 6.92 Å². The average molecular weight is 255 g/mol. The lowest BCUT2D eigenvalue weighted by Gasteiger charge is -2.08. The van der Waals surface area contributed by atoms with Crippen LogP contribution in [0.25, 0.3) is 0 Å². The molecule has 4 heteroatoms. The summed E-state index contributed by atoms with van der Waals surface area (Å²) in [6, 6.07) is 8.44. The third-order valence-electron chi connectivity index (χ3n) is 2.33. The minimum Gasteiger partial charge on any atom is -0.395 e. The normalized spacial score (nSPS) is 12.6. The van der Waals surface area contributed by atoms with Crippen LogP contribution in [-0.4, -0.2) is 37.2 Å². The van der Waals surface area contributed by atoms with Crippen molar-refractivity contribution in [1.29, 1.82) is 0 Å². The number of methoxy groups -OCH3 is 1. The van der Waals surface area contributed by atoms with E-state index in [1.165, 1.54) is 10.5 Å². The van der Waals surface area contributed by atoms with Crippen LogP contribution < -0.4 is 5.32 Å². The molecular weight excluding hydrogens is 234 g/mol. The number of rotatable bonds is 8. The summed E-state index contributed by atoms with van der Waals surface area (Å²) in [6.45, 7) is 4.70. The second kappa shape index (κ2) is 8.53. The second-order valence-electron chi connectivity index (χ2n) is 3.92. The minimum absolute atomic E-state index is 0.213. The third-order valence-corrected chi connectivity index (χ3v) is 3.43. The molecular formula is C13H21NO2S. The largest absolute Gasteiger partial charge is 0.395 e. The summed E-state index contributed by atoms with van der Waals surface area (Å²) < 4.78 is 4.97. The summed E-state index contributed by atoms with van der Waals surface area (Å²) in [5.74, 6) is 0. The molecule has 3 nitrogen and oxygen atoms in total. The molecule has 0 spiro atoms. The van der Waals surface area contributed by atoms with E-state index in [9.17, 15) is 0 Å². The molecule has 0 aromatic heterocycles. The van der Waals surface area contributed by atoms with Gasteiger partial charge in [0.2, 0.25) is 0 Å². The molecule has 0 amide bonds. The average Bonchev–Trinajstić information content (AvgIpc) is 2.36. The van der Waals surface area contributed by atoms with Gasteiger partial charge in [-0.05, 0) is 17.7 Å². The van der Waals surface area contributed by atoms with Crippen LogP contribution in [0, 0.1) is 0 Å². The van der Waals surface area contributed by atoms with Crippen LogP contribution in [0.5, 0.6) is 0 Å². The van der Waals surface area contributed by atoms with Crippen LogP contribution in [0.15, 0.2) is 29.2 Å². The summed E-state index contributed by atoms with van der Waals surface area (Å²) in [6.07, 6.45) is 0. The predicted octanol–water partition coefficient (Wildman–Crippen LogP) is 1.90. The monoisotopic (exact) mass is 255 g/mol. The van der Waals surface area contributed by atoms with Gasteiger partial charge in [0, 0.05) is 30.3 Å². The molecule has 0 heterocycles. The molecule has 1 unspecified atom stereocenters. The van der Waals surface area contributed by atoms with Gasteiger partial charge in [-0.15, -0.1) is 11.8 Å². The van der Waals surface area contributed by atoms with E-state index in [-0.39, 0.29) is 11.9 Å². The fraction of sp³-hybridized carbons (Fsp3) is 0.538. The van der Waals surface area contributed by atoms with Crippen LogP contribution >= 0.6 is 11.8 Å². The highest BCUT2D eigenvalue weighted by Crippen LogP contribution is 2.22. The fourth-order valence-corrected chi connectivity index (χ4v) is 2.19. The third kappa shape index (κ3) is 6.07. The number of nitrogens with one attached hydrogen (secondary N) is 1. The number of hydrogen-bond donors (Lipinski definition) is 2. The van der Waals surface area contributed by atoms with E-state index in [0.717, 1.165) is 19.7 Å². The van der Waals surface area contributed by atoms with Crippen LogP contribution in [0.1, 0.15) is 12.5 Å². The summed E-state index contributed by atoms with van der Waals surface area (Å²) in [5, 5.41) is 12.5. The quantitative estimate of drug-likeness (QED) is 0.550. The van der Waals surface area contributed by atoms with Crippen LogP contribution in [0.3, 0.4) is 0 Å². The van der Waals surface area contributed by atoms with Gasteiger partial charge in [-0.1, -0.05) is 19.1 Å². The van der Waals surface area contributed by atoms with Crippen molar-refractivity contribution in [2.24, 2.45) is 0 Å². The van der Waals surface area contributed by atoms with Gasteiger partial charge in [-0.25, -0.2) is 0 Å². The van der Waals surface area contributed by atoms with Crippen molar-refractivity contribution in [3.63, 3.8) is 0 Å². The topological polar surface area (TPSA) is 41.5 Å². The molecule has 0 saturated carbocycles. The molecule has 0 radical (unpaired) electrons. The molecule has 1 aromatic carbocycles. The number of hydrogen-bond acceptors (Lipinski definition) is 4. The van der Waals surface area contributed by atoms with Crippen molar-refractivity contribution in [1.82, 2.24) is 5.32 Å². The molecule has 17 heavy (non-hydrogen) atoms. The first kappa shape index (κ1) is 14.5. The number of aliphatic hydroxyl groups excluding tert-OH is 1. The van der Waals surface area contributed by atoms with Crippen molar-refractivity contribution in [3.8, 4) is 0 Å². The summed E-state index contributed by atoms with van der Waals surface area (Å²) in [5.41, 5.74) is 1.27. The summed E-state index contributed by atoms with van der Waals surface area (Å²) >= 11 is 1.69. The van der Waals surface area contributed by atoms with E-state index < -0.39 is 0 Å². The van der Waals surface area contributed by atoms with E-state index in [1.54, 1.807) is 18.9 Å². The smallest absolute Gasteiger partial charge is 0.0587 e. The molecule has 1 rings (SSSR count). The van der Waals surface area contributed by atoms with Crippen molar-refractivity contribution < 1.29 is 9.84 Å². The molecule has 0 aliphatic rings. The van der Waals surface area contributed by atoms with E-state index >= 15 is 0 Å². The molecule has 0 fully saturated rings. The van der Waals surface area contributed by atoms with Crippen LogP contribution in [0.2, 0.25) is 0 Å². The number of ether oxygens (including phenoxy) is 1. The molecule has 0 bridgehead atoms. The van der Waals surface area contributed by atoms with E-state index in [0.29, 0.717) is 0 Å². The molecule has 1 atom stereocenters. The Morgan fingerprint density at radius 2 is 2.06 bits per heavy atom. The second-order valence-corrected chi connectivity index (χ2v) is 5.44. The van der Waals surface area contributed by atoms with Crippen molar-refractivity contribution in [2.75, 3.05) is 26.9 Å². The Morgan fingerprint density at radius 3 is 2.65 bits per heavy atom. The highest BCUT2D eigenvalue weighted by molar-refractivity contribution is 8.00. The maximum absolute atomic E-state index is 8.97. The standard InChI is InChI=1S/C13H21NO2S/c1-11(10-15)17-13-5-3-12(4-6-13)9-14-7-8-16-2/h3-6,11,14-15H,7-10H2,1-2H3. The Kier molecular flexibility index (Phi) is 7.28. The summed E-state index contributed by atoms with van der Waals surface area (Å²) in [4.78, 5) is 1.20. The summed E-state index contributed by atoms with van der Waals surface area (Å²) in [7, 11) is 1.70. The first-order chi connectivity index (χ1) is 8.26. The maximum Gasteiger partial charge on any atom is 0.0587 e. The minimum atomic E-state index is 0.213. The molecule has 0 aliphatic heterocycles. The lowest BCUT2D eigenvalue weighted by Crippen LogP contribution is -2.18. The van der Waals surface area contributed by atoms with Gasteiger partial charge in [-0.2, -0.15) is 0 Å². The zero-order valence-electron chi connectivity index (χ0n) is 10.5. The zero-order valence-corrected chi connectivity index (χ0v) is 11.3. The Morgan fingerprint density at radius 1 is 1.35 bits per heavy atom. The molecule has 1 aromatic rings. The highest BCUT2D eigenvalue weighted by atomic mass is 32.2. The van der Waals surface area contributed by atoms with E-state index in [2.05, 4.69) is 29.6 Å². The van der Waals surface area contributed by atoms with E-state index in [4.69, 9.17) is 9.84 Å². The molecule has 96 valence electrons. The van der Waals surface area contributed by atoms with Gasteiger partial charge in [-0.3, -0.25) is 0 Å². The maximum atomic E-state index is 8.97. The number of aliphatic hydroxyl groups is 1. The van der Waals surface area contributed by atoms with Crippen molar-refractivity contribution in [3.05, 3.63) is 29.8 Å². The van der Waals surface area contributed by atoms with Crippen molar-refractivity contribution in [2.45, 2.75) is 23.6 Å². The van der Waals surface area contributed by atoms with Crippen LogP contribution in [0.4, 0.5) is 0 Å².